The Bertz CT molecular complexity index is 366. The number of rotatable bonds is 0. The van der Waals surface area contributed by atoms with Crippen molar-refractivity contribution in [2.75, 3.05) is 4.90 Å². The molecule has 0 saturated heterocycles. The Morgan fingerprint density at radius 2 is 1.53 bits per heavy atom. The fraction of sp³-hybridized carbons (Fsp3) is 0.500. The average molecular weight is 427 g/mol. The molecule has 0 fully saturated rings. The van der Waals surface area contributed by atoms with Crippen molar-refractivity contribution < 1.29 is 0 Å². The van der Waals surface area contributed by atoms with Gasteiger partial charge in [-0.25, -0.2) is 0 Å². The van der Waals surface area contributed by atoms with E-state index in [9.17, 15) is 0 Å². The summed E-state index contributed by atoms with van der Waals surface area (Å²) < 4.78 is 0. The lowest BCUT2D eigenvalue weighted by molar-refractivity contribution is 0.576. The molecule has 0 amide bonds. The predicted octanol–water partition coefficient (Wildman–Crippen LogP) is 4.59. The van der Waals surface area contributed by atoms with E-state index in [0.29, 0.717) is 5.41 Å². The highest BCUT2D eigenvalue weighted by atomic mass is 128. The summed E-state index contributed by atoms with van der Waals surface area (Å²) in [5.74, 6) is 0. The topological polar surface area (TPSA) is 3.24 Å². The minimum atomic E-state index is 0.307. The fourth-order valence-electron chi connectivity index (χ4n) is 2.28. The third-order valence-electron chi connectivity index (χ3n) is 3.17. The van der Waals surface area contributed by atoms with E-state index in [4.69, 9.17) is 0 Å². The van der Waals surface area contributed by atoms with Gasteiger partial charge in [-0.05, 0) is 22.1 Å². The molecule has 0 bridgehead atoms. The number of benzene rings is 1. The van der Waals surface area contributed by atoms with E-state index in [0.717, 1.165) is 0 Å². The zero-order valence-corrected chi connectivity index (χ0v) is 13.6. The van der Waals surface area contributed by atoms with Crippen LogP contribution in [0.3, 0.4) is 0 Å². The monoisotopic (exact) mass is 427 g/mol. The van der Waals surface area contributed by atoms with Crippen molar-refractivity contribution in [2.45, 2.75) is 39.3 Å². The minimum absolute atomic E-state index is 0.307. The van der Waals surface area contributed by atoms with Crippen LogP contribution in [0, 0.1) is 0 Å². The molecule has 1 aromatic carbocycles. The lowest BCUT2D eigenvalue weighted by Crippen LogP contribution is -2.41. The van der Waals surface area contributed by atoms with Crippen LogP contribution in [0.5, 0.6) is 0 Å². The van der Waals surface area contributed by atoms with Crippen LogP contribution >= 0.6 is 37.2 Å². The quantitative estimate of drug-likeness (QED) is 0.548. The highest BCUT2D eigenvalue weighted by Crippen LogP contribution is 2.47. The van der Waals surface area contributed by atoms with Gasteiger partial charge >= 0.3 is 0 Å². The first-order valence-corrected chi connectivity index (χ1v) is 11.4. The zero-order valence-electron chi connectivity index (χ0n) is 9.27. The molecule has 0 radical (unpaired) electrons. The maximum Gasteiger partial charge on any atom is 0.0473 e. The van der Waals surface area contributed by atoms with Crippen molar-refractivity contribution in [3.63, 3.8) is 0 Å². The van der Waals surface area contributed by atoms with Crippen molar-refractivity contribution in [1.29, 1.82) is 0 Å². The van der Waals surface area contributed by atoms with Crippen LogP contribution in [0.1, 0.15) is 37.5 Å². The first kappa shape index (κ1) is 12.0. The van der Waals surface area contributed by atoms with Gasteiger partial charge in [0, 0.05) is 56.0 Å². The van der Waals surface area contributed by atoms with Crippen LogP contribution in [0.4, 0.5) is 5.69 Å². The molecule has 0 aliphatic carbocycles. The van der Waals surface area contributed by atoms with Gasteiger partial charge in [-0.15, -0.1) is 0 Å². The van der Waals surface area contributed by atoms with E-state index >= 15 is 0 Å². The number of anilines is 1. The maximum atomic E-state index is 2.44. The van der Waals surface area contributed by atoms with Crippen molar-refractivity contribution in [2.24, 2.45) is 0 Å². The summed E-state index contributed by atoms with van der Waals surface area (Å²) >= 11 is 4.24. The molecule has 2 heterocycles. The van der Waals surface area contributed by atoms with Crippen LogP contribution in [-0.2, 0) is 18.5 Å². The molecule has 0 aromatic heterocycles. The number of hydrogen-bond acceptors (Lipinski definition) is 1. The van der Waals surface area contributed by atoms with Crippen molar-refractivity contribution in [3.05, 3.63) is 28.8 Å². The van der Waals surface area contributed by atoms with E-state index in [1.54, 1.807) is 11.1 Å². The summed E-state index contributed by atoms with van der Waals surface area (Å²) in [5.41, 5.74) is 6.47. The number of halogens is 2. The van der Waals surface area contributed by atoms with E-state index < -0.39 is 0 Å². The van der Waals surface area contributed by atoms with Crippen LogP contribution in [-0.4, -0.2) is 0 Å². The molecule has 1 aromatic rings. The second-order valence-corrected chi connectivity index (χ2v) is 5.25. The highest BCUT2D eigenvalue weighted by Gasteiger charge is 2.35. The molecule has 0 spiro atoms. The Hall–Kier alpha value is 0.480. The smallest absolute Gasteiger partial charge is 0.0473 e. The number of nitrogens with zero attached hydrogens (tertiary/aromatic N) is 1. The van der Waals surface area contributed by atoms with Crippen molar-refractivity contribution >= 4 is 42.9 Å². The maximum absolute atomic E-state index is 2.44. The Morgan fingerprint density at radius 1 is 1.07 bits per heavy atom. The molecule has 2 aliphatic rings. The Balaban J connectivity index is 0.000000404. The normalized spacial score (nSPS) is 15.7. The van der Waals surface area contributed by atoms with Crippen LogP contribution in [0.25, 0.3) is 0 Å². The largest absolute Gasteiger partial charge is 0.362 e. The average Bonchev–Trinajstić information content (AvgIpc) is 2.09. The third-order valence-corrected chi connectivity index (χ3v) is 3.17. The summed E-state index contributed by atoms with van der Waals surface area (Å²) in [5, 5.41) is 0. The molecule has 0 atom stereocenters. The molecule has 0 unspecified atom stereocenters. The zero-order chi connectivity index (χ0) is 11.2. The lowest BCUT2D eigenvalue weighted by Gasteiger charge is -2.47. The fourth-order valence-corrected chi connectivity index (χ4v) is 2.28. The molecule has 15 heavy (non-hydrogen) atoms. The SMILES string of the molecule is CC(C)(C)c1cc2c3c(c1)CN3C2.II. The first-order chi connectivity index (χ1) is 7.05. The minimum Gasteiger partial charge on any atom is -0.362 e. The van der Waals surface area contributed by atoms with E-state index in [2.05, 4.69) is 75.0 Å². The summed E-state index contributed by atoms with van der Waals surface area (Å²) in [6.07, 6.45) is 0. The van der Waals surface area contributed by atoms with Crippen LogP contribution < -0.4 is 4.90 Å². The Morgan fingerprint density at radius 3 is 1.87 bits per heavy atom. The second kappa shape index (κ2) is 4.05. The number of hydrogen-bond donors (Lipinski definition) is 0. The van der Waals surface area contributed by atoms with Gasteiger partial charge in [0.25, 0.3) is 0 Å². The molecule has 82 valence electrons. The summed E-state index contributed by atoms with van der Waals surface area (Å²) in [6, 6.07) is 4.77. The van der Waals surface area contributed by atoms with Gasteiger partial charge in [-0.1, -0.05) is 32.9 Å². The molecular formula is C12H15I2N. The van der Waals surface area contributed by atoms with Gasteiger partial charge in [0.1, 0.15) is 0 Å². The van der Waals surface area contributed by atoms with Gasteiger partial charge in [-0.2, -0.15) is 0 Å². The molecule has 1 nitrogen and oxygen atoms in total. The molecule has 2 aliphatic heterocycles. The van der Waals surface area contributed by atoms with Crippen LogP contribution in [0.2, 0.25) is 0 Å². The van der Waals surface area contributed by atoms with Crippen molar-refractivity contribution in [3.8, 4) is 0 Å². The summed E-state index contributed by atoms with van der Waals surface area (Å²) in [4.78, 5) is 2.44. The Labute approximate surface area is 115 Å². The van der Waals surface area contributed by atoms with Gasteiger partial charge in [-0.3, -0.25) is 0 Å². The van der Waals surface area contributed by atoms with E-state index in [1.165, 1.54) is 24.3 Å². The van der Waals surface area contributed by atoms with Gasteiger partial charge in [0.2, 0.25) is 0 Å². The molecular weight excluding hydrogens is 412 g/mol. The lowest BCUT2D eigenvalue weighted by atomic mass is 9.80. The predicted molar refractivity (Wildman–Crippen MR) is 83.1 cm³/mol. The molecule has 3 heteroatoms. The standard InChI is InChI=1S/C12H15N.I2/c1-12(2,3)10-4-8-6-13-7-9(5-10)11(8)13;1-2/h4-5H,6-7H2,1-3H3;. The van der Waals surface area contributed by atoms with E-state index in [-0.39, 0.29) is 0 Å². The van der Waals surface area contributed by atoms with Crippen molar-refractivity contribution in [1.82, 2.24) is 0 Å². The molecule has 0 saturated carbocycles. The highest BCUT2D eigenvalue weighted by molar-refractivity contribution is 15.0. The Kier molecular flexibility index (Phi) is 3.23. The molecule has 0 N–H and O–H groups in total. The first-order valence-electron chi connectivity index (χ1n) is 5.11. The van der Waals surface area contributed by atoms with Crippen LogP contribution in [0.15, 0.2) is 12.1 Å². The molecule has 3 rings (SSSR count). The summed E-state index contributed by atoms with van der Waals surface area (Å²) in [6.45, 7) is 9.24. The van der Waals surface area contributed by atoms with E-state index in [1.807, 2.05) is 0 Å². The second-order valence-electron chi connectivity index (χ2n) is 5.25. The third kappa shape index (κ3) is 1.90. The summed E-state index contributed by atoms with van der Waals surface area (Å²) in [7, 11) is 0. The van der Waals surface area contributed by atoms with Gasteiger partial charge in [0.05, 0.1) is 0 Å². The van der Waals surface area contributed by atoms with Gasteiger partial charge < -0.3 is 4.90 Å². The van der Waals surface area contributed by atoms with Gasteiger partial charge in [0.15, 0.2) is 0 Å².